The maximum Gasteiger partial charge on any atom is 0.225 e. The van der Waals surface area contributed by atoms with Crippen LogP contribution in [0.4, 0.5) is 10.8 Å². The third kappa shape index (κ3) is 4.14. The molecular weight excluding hydrogens is 369 g/mol. The molecule has 0 saturated carbocycles. The summed E-state index contributed by atoms with van der Waals surface area (Å²) in [5.74, 6) is -0.350. The molecule has 5 nitrogen and oxygen atoms in total. The molecule has 8 heteroatoms. The molecule has 1 aromatic heterocycles. The number of nitrogen functional groups attached to an aromatic ring is 1. The molecule has 2 aromatic rings. The van der Waals surface area contributed by atoms with Crippen LogP contribution in [-0.4, -0.2) is 23.2 Å². The molecule has 0 saturated heterocycles. The van der Waals surface area contributed by atoms with E-state index in [9.17, 15) is 9.59 Å². The van der Waals surface area contributed by atoms with Gasteiger partial charge in [0.1, 0.15) is 0 Å². The lowest BCUT2D eigenvalue weighted by Crippen LogP contribution is -2.27. The van der Waals surface area contributed by atoms with Crippen LogP contribution < -0.4 is 10.6 Å². The van der Waals surface area contributed by atoms with Crippen LogP contribution in [0.1, 0.15) is 29.9 Å². The molecule has 0 aliphatic carbocycles. The Hall–Kier alpha value is -1.89. The van der Waals surface area contributed by atoms with Crippen molar-refractivity contribution in [2.75, 3.05) is 17.2 Å². The Kier molecular flexibility index (Phi) is 5.99. The number of nitrogens with two attached hydrogens (primary N) is 1. The molecule has 0 fully saturated rings. The van der Waals surface area contributed by atoms with Crippen molar-refractivity contribution in [3.05, 3.63) is 44.9 Å². The van der Waals surface area contributed by atoms with E-state index in [0.717, 1.165) is 0 Å². The molecule has 0 spiro atoms. The topological polar surface area (TPSA) is 76.3 Å². The van der Waals surface area contributed by atoms with E-state index in [0.29, 0.717) is 22.9 Å². The summed E-state index contributed by atoms with van der Waals surface area (Å²) in [5, 5.41) is 2.83. The van der Waals surface area contributed by atoms with Crippen molar-refractivity contribution in [3.8, 4) is 0 Å². The number of carbonyl (C=O) groups is 2. The van der Waals surface area contributed by atoms with Gasteiger partial charge in [-0.2, -0.15) is 0 Å². The van der Waals surface area contributed by atoms with Gasteiger partial charge in [0.05, 0.1) is 21.4 Å². The van der Waals surface area contributed by atoms with Crippen LogP contribution in [-0.2, 0) is 4.79 Å². The first kappa shape index (κ1) is 18.4. The number of rotatable bonds is 5. The maximum atomic E-state index is 12.2. The number of allylic oxidation sites excluding steroid dienone is 1. The second-order valence-electron chi connectivity index (χ2n) is 4.87. The van der Waals surface area contributed by atoms with E-state index in [1.165, 1.54) is 36.5 Å². The molecule has 24 heavy (non-hydrogen) atoms. The van der Waals surface area contributed by atoms with Gasteiger partial charge in [0.15, 0.2) is 10.9 Å². The standard InChI is InChI=1S/C16H15Cl2N3O2S/c1-3-21(9(2)22)16-20-11(8-24-16)4-5-14(23)10-6-12(17)15(19)13(18)7-10/h4-8H,3,19H2,1-2H3. The number of carbonyl (C=O) groups excluding carboxylic acids is 2. The van der Waals surface area contributed by atoms with Crippen molar-refractivity contribution in [2.45, 2.75) is 13.8 Å². The number of hydrogen-bond donors (Lipinski definition) is 1. The highest BCUT2D eigenvalue weighted by Gasteiger charge is 2.13. The predicted molar refractivity (Wildman–Crippen MR) is 100 cm³/mol. The third-order valence-corrected chi connectivity index (χ3v) is 4.71. The van der Waals surface area contributed by atoms with Crippen molar-refractivity contribution in [1.29, 1.82) is 0 Å². The lowest BCUT2D eigenvalue weighted by atomic mass is 10.1. The number of aromatic nitrogens is 1. The van der Waals surface area contributed by atoms with Gasteiger partial charge in [-0.05, 0) is 31.2 Å². The Labute approximate surface area is 153 Å². The third-order valence-electron chi connectivity index (χ3n) is 3.21. The number of benzene rings is 1. The molecule has 126 valence electrons. The minimum absolute atomic E-state index is 0.0791. The first-order valence-electron chi connectivity index (χ1n) is 7.04. The number of ketones is 1. The van der Waals surface area contributed by atoms with E-state index in [2.05, 4.69) is 4.98 Å². The van der Waals surface area contributed by atoms with Gasteiger partial charge in [0, 0.05) is 24.4 Å². The largest absolute Gasteiger partial charge is 0.396 e. The molecule has 1 amide bonds. The summed E-state index contributed by atoms with van der Waals surface area (Å²) in [5.41, 5.74) is 6.82. The Morgan fingerprint density at radius 3 is 2.50 bits per heavy atom. The van der Waals surface area contributed by atoms with Crippen LogP contribution >= 0.6 is 34.5 Å². The van der Waals surface area contributed by atoms with Crippen molar-refractivity contribution in [2.24, 2.45) is 0 Å². The second kappa shape index (κ2) is 7.79. The molecule has 0 bridgehead atoms. The Bertz CT molecular complexity index is 794. The molecule has 1 aromatic carbocycles. The fourth-order valence-electron chi connectivity index (χ4n) is 1.95. The molecule has 2 N–H and O–H groups in total. The van der Waals surface area contributed by atoms with Gasteiger partial charge in [-0.3, -0.25) is 14.5 Å². The molecule has 0 aliphatic heterocycles. The highest BCUT2D eigenvalue weighted by atomic mass is 35.5. The van der Waals surface area contributed by atoms with Crippen LogP contribution in [0.15, 0.2) is 23.6 Å². The van der Waals surface area contributed by atoms with Crippen LogP contribution in [0, 0.1) is 0 Å². The number of nitrogens with zero attached hydrogens (tertiary/aromatic N) is 2. The Morgan fingerprint density at radius 2 is 1.96 bits per heavy atom. The molecule has 0 unspecified atom stereocenters. The van der Waals surface area contributed by atoms with Crippen LogP contribution in [0.25, 0.3) is 6.08 Å². The summed E-state index contributed by atoms with van der Waals surface area (Å²) in [6.07, 6.45) is 2.95. The van der Waals surface area contributed by atoms with E-state index < -0.39 is 0 Å². The van der Waals surface area contributed by atoms with Crippen molar-refractivity contribution < 1.29 is 9.59 Å². The van der Waals surface area contributed by atoms with Gasteiger partial charge in [0.25, 0.3) is 0 Å². The summed E-state index contributed by atoms with van der Waals surface area (Å²) in [4.78, 5) is 29.6. The van der Waals surface area contributed by atoms with Crippen molar-refractivity contribution >= 4 is 63.1 Å². The lowest BCUT2D eigenvalue weighted by molar-refractivity contribution is -0.116. The van der Waals surface area contributed by atoms with Crippen LogP contribution in [0.3, 0.4) is 0 Å². The van der Waals surface area contributed by atoms with E-state index in [1.807, 2.05) is 6.92 Å². The predicted octanol–water partition coefficient (Wildman–Crippen LogP) is 4.30. The number of hydrogen-bond acceptors (Lipinski definition) is 5. The van der Waals surface area contributed by atoms with Gasteiger partial charge in [-0.15, -0.1) is 11.3 Å². The number of anilines is 2. The van der Waals surface area contributed by atoms with Gasteiger partial charge in [0.2, 0.25) is 5.91 Å². The molecule has 1 heterocycles. The average Bonchev–Trinajstić information content (AvgIpc) is 2.98. The lowest BCUT2D eigenvalue weighted by Gasteiger charge is -2.14. The highest BCUT2D eigenvalue weighted by Crippen LogP contribution is 2.29. The average molecular weight is 384 g/mol. The van der Waals surface area contributed by atoms with Gasteiger partial charge >= 0.3 is 0 Å². The minimum Gasteiger partial charge on any atom is -0.396 e. The Morgan fingerprint density at radius 1 is 1.33 bits per heavy atom. The van der Waals surface area contributed by atoms with Crippen molar-refractivity contribution in [1.82, 2.24) is 4.98 Å². The molecular formula is C16H15Cl2N3O2S. The molecule has 0 atom stereocenters. The van der Waals surface area contributed by atoms with Gasteiger partial charge in [-0.1, -0.05) is 23.2 Å². The zero-order valence-corrected chi connectivity index (χ0v) is 15.4. The minimum atomic E-state index is -0.271. The van der Waals surface area contributed by atoms with E-state index in [4.69, 9.17) is 28.9 Å². The SMILES string of the molecule is CCN(C(C)=O)c1nc(C=CC(=O)c2cc(Cl)c(N)c(Cl)c2)cs1. The van der Waals surface area contributed by atoms with E-state index in [-0.39, 0.29) is 27.4 Å². The molecule has 0 radical (unpaired) electrons. The fraction of sp³-hybridized carbons (Fsp3) is 0.188. The summed E-state index contributed by atoms with van der Waals surface area (Å²) in [7, 11) is 0. The fourth-order valence-corrected chi connectivity index (χ4v) is 3.34. The van der Waals surface area contributed by atoms with E-state index >= 15 is 0 Å². The zero-order valence-electron chi connectivity index (χ0n) is 13.0. The van der Waals surface area contributed by atoms with Gasteiger partial charge in [-0.25, -0.2) is 4.98 Å². The summed E-state index contributed by atoms with van der Waals surface area (Å²) in [6.45, 7) is 3.89. The summed E-state index contributed by atoms with van der Waals surface area (Å²) >= 11 is 13.2. The number of amides is 1. The quantitative estimate of drug-likeness (QED) is 0.474. The monoisotopic (exact) mass is 383 g/mol. The normalized spacial score (nSPS) is 11.0. The van der Waals surface area contributed by atoms with Crippen LogP contribution in [0.2, 0.25) is 10.0 Å². The smallest absolute Gasteiger partial charge is 0.225 e. The number of thiazole rings is 1. The Balaban J connectivity index is 2.18. The maximum absolute atomic E-state index is 12.2. The molecule has 2 rings (SSSR count). The van der Waals surface area contributed by atoms with Crippen molar-refractivity contribution in [3.63, 3.8) is 0 Å². The zero-order chi connectivity index (χ0) is 17.9. The summed E-state index contributed by atoms with van der Waals surface area (Å²) < 4.78 is 0. The second-order valence-corrected chi connectivity index (χ2v) is 6.52. The van der Waals surface area contributed by atoms with Gasteiger partial charge < -0.3 is 5.73 Å². The van der Waals surface area contributed by atoms with Crippen LogP contribution in [0.5, 0.6) is 0 Å². The van der Waals surface area contributed by atoms with E-state index in [1.54, 1.807) is 16.4 Å². The first-order valence-corrected chi connectivity index (χ1v) is 8.67. The first-order chi connectivity index (χ1) is 11.3. The number of halogens is 2. The highest BCUT2D eigenvalue weighted by molar-refractivity contribution is 7.14. The molecule has 0 aliphatic rings. The summed E-state index contributed by atoms with van der Waals surface area (Å²) in [6, 6.07) is 2.94.